The highest BCUT2D eigenvalue weighted by Gasteiger charge is 2.44. The number of carbonyl (C=O) groups is 2. The van der Waals surface area contributed by atoms with E-state index >= 15 is 0 Å². The van der Waals surface area contributed by atoms with Crippen LogP contribution in [0, 0.1) is 5.92 Å². The standard InChI is InChI=1S/C28H24N4O4S2/c1-31-27(34)20-10-3-2-9-19(20)25(29-31)28(35)36-16-23(33)32-26(22-12-6-14-38-22)21-11-4-7-17(24(21)30-32)15-18-8-5-13-37-18/h2-3,5-6,8-10,12-15,21,26H,4,7,11,16H2,1H3/b17-15+/t21-,26+/m1/s1. The Bertz CT molecular complexity index is 1640. The zero-order chi connectivity index (χ0) is 26.2. The van der Waals surface area contributed by atoms with Crippen molar-refractivity contribution < 1.29 is 14.3 Å². The number of rotatable bonds is 5. The van der Waals surface area contributed by atoms with Gasteiger partial charge in [0, 0.05) is 28.1 Å². The van der Waals surface area contributed by atoms with Gasteiger partial charge in [0.2, 0.25) is 0 Å². The fraction of sp³-hybridized carbons (Fsp3) is 0.250. The van der Waals surface area contributed by atoms with Crippen molar-refractivity contribution >= 4 is 57.1 Å². The molecule has 192 valence electrons. The molecule has 1 amide bonds. The molecule has 6 rings (SSSR count). The largest absolute Gasteiger partial charge is 0.451 e. The Kier molecular flexibility index (Phi) is 6.50. The average molecular weight is 545 g/mol. The minimum absolute atomic E-state index is 0.00659. The van der Waals surface area contributed by atoms with E-state index in [1.165, 1.54) is 12.1 Å². The van der Waals surface area contributed by atoms with Gasteiger partial charge in [-0.15, -0.1) is 22.7 Å². The van der Waals surface area contributed by atoms with Crippen molar-refractivity contribution in [3.63, 3.8) is 0 Å². The molecule has 4 heterocycles. The summed E-state index contributed by atoms with van der Waals surface area (Å²) in [5.74, 6) is -1.08. The molecule has 38 heavy (non-hydrogen) atoms. The van der Waals surface area contributed by atoms with Gasteiger partial charge in [-0.2, -0.15) is 10.2 Å². The molecule has 1 saturated carbocycles. The molecule has 0 N–H and O–H groups in total. The van der Waals surface area contributed by atoms with E-state index in [2.05, 4.69) is 17.2 Å². The van der Waals surface area contributed by atoms with Gasteiger partial charge in [-0.1, -0.05) is 30.3 Å². The number of benzene rings is 1. The van der Waals surface area contributed by atoms with Crippen molar-refractivity contribution in [2.45, 2.75) is 25.3 Å². The topological polar surface area (TPSA) is 93.9 Å². The number of aryl methyl sites for hydroxylation is 1. The quantitative estimate of drug-likeness (QED) is 0.328. The van der Waals surface area contributed by atoms with Gasteiger partial charge in [-0.05, 0) is 59.9 Å². The predicted octanol–water partition coefficient (Wildman–Crippen LogP) is 5.04. The number of ether oxygens (including phenoxy) is 1. The number of allylic oxidation sites excluding steroid dienone is 1. The lowest BCUT2D eigenvalue weighted by molar-refractivity contribution is -0.136. The van der Waals surface area contributed by atoms with Gasteiger partial charge in [0.05, 0.1) is 17.1 Å². The van der Waals surface area contributed by atoms with Crippen LogP contribution in [-0.4, -0.2) is 39.0 Å². The molecule has 0 radical (unpaired) electrons. The van der Waals surface area contributed by atoms with Crippen LogP contribution >= 0.6 is 22.7 Å². The Balaban J connectivity index is 1.28. The molecular weight excluding hydrogens is 520 g/mol. The summed E-state index contributed by atoms with van der Waals surface area (Å²) in [5.41, 5.74) is 1.77. The van der Waals surface area contributed by atoms with Crippen molar-refractivity contribution in [1.82, 2.24) is 14.8 Å². The third-order valence-electron chi connectivity index (χ3n) is 6.93. The van der Waals surface area contributed by atoms with E-state index in [-0.39, 0.29) is 23.2 Å². The molecule has 10 heteroatoms. The van der Waals surface area contributed by atoms with Crippen LogP contribution in [0.25, 0.3) is 16.8 Å². The van der Waals surface area contributed by atoms with Crippen molar-refractivity contribution in [3.05, 3.63) is 90.7 Å². The van der Waals surface area contributed by atoms with Gasteiger partial charge in [0.15, 0.2) is 12.3 Å². The summed E-state index contributed by atoms with van der Waals surface area (Å²) in [5, 5.41) is 15.2. The maximum atomic E-state index is 13.5. The van der Waals surface area contributed by atoms with Gasteiger partial charge < -0.3 is 4.74 Å². The summed E-state index contributed by atoms with van der Waals surface area (Å²) < 4.78 is 6.55. The van der Waals surface area contributed by atoms with Crippen molar-refractivity contribution in [2.24, 2.45) is 18.1 Å². The molecule has 8 nitrogen and oxygen atoms in total. The van der Waals surface area contributed by atoms with Crippen LogP contribution in [0.1, 0.15) is 45.5 Å². The number of thiophene rings is 2. The van der Waals surface area contributed by atoms with E-state index in [1.807, 2.05) is 29.0 Å². The Morgan fingerprint density at radius 1 is 1.08 bits per heavy atom. The molecule has 4 aromatic rings. The first kappa shape index (κ1) is 24.4. The molecule has 0 unspecified atom stereocenters. The van der Waals surface area contributed by atoms with Gasteiger partial charge in [-0.25, -0.2) is 14.5 Å². The number of nitrogens with zero attached hydrogens (tertiary/aromatic N) is 4. The maximum absolute atomic E-state index is 13.5. The zero-order valence-corrected chi connectivity index (χ0v) is 22.2. The molecule has 1 aliphatic carbocycles. The number of amides is 1. The lowest BCUT2D eigenvalue weighted by atomic mass is 9.79. The molecule has 1 fully saturated rings. The minimum atomic E-state index is -0.764. The van der Waals surface area contributed by atoms with Crippen LogP contribution in [0.2, 0.25) is 0 Å². The van der Waals surface area contributed by atoms with Gasteiger partial charge in [0.25, 0.3) is 11.5 Å². The van der Waals surface area contributed by atoms with Crippen LogP contribution in [0.5, 0.6) is 0 Å². The van der Waals surface area contributed by atoms with E-state index in [4.69, 9.17) is 9.84 Å². The molecule has 1 aliphatic heterocycles. The second-order valence-electron chi connectivity index (χ2n) is 9.27. The Labute approximate surface area is 226 Å². The first-order valence-electron chi connectivity index (χ1n) is 12.3. The molecule has 0 spiro atoms. The third kappa shape index (κ3) is 4.39. The zero-order valence-electron chi connectivity index (χ0n) is 20.6. The highest BCUT2D eigenvalue weighted by molar-refractivity contribution is 7.11. The third-order valence-corrected chi connectivity index (χ3v) is 8.69. The predicted molar refractivity (Wildman–Crippen MR) is 148 cm³/mol. The molecule has 2 aliphatic rings. The number of aromatic nitrogens is 2. The smallest absolute Gasteiger partial charge is 0.359 e. The van der Waals surface area contributed by atoms with E-state index in [0.717, 1.165) is 45.0 Å². The van der Waals surface area contributed by atoms with Crippen LogP contribution < -0.4 is 5.56 Å². The summed E-state index contributed by atoms with van der Waals surface area (Å²) in [6.45, 7) is -0.479. The van der Waals surface area contributed by atoms with Crippen molar-refractivity contribution in [2.75, 3.05) is 6.61 Å². The summed E-state index contributed by atoms with van der Waals surface area (Å²) in [6.07, 6.45) is 5.03. The molecule has 1 aromatic carbocycles. The van der Waals surface area contributed by atoms with Gasteiger partial charge in [0.1, 0.15) is 0 Å². The minimum Gasteiger partial charge on any atom is -0.451 e. The van der Waals surface area contributed by atoms with E-state index in [0.29, 0.717) is 10.8 Å². The lowest BCUT2D eigenvalue weighted by Gasteiger charge is -2.28. The first-order valence-corrected chi connectivity index (χ1v) is 14.1. The number of hydrogen-bond donors (Lipinski definition) is 0. The molecule has 3 aromatic heterocycles. The Morgan fingerprint density at radius 2 is 1.87 bits per heavy atom. The highest BCUT2D eigenvalue weighted by atomic mass is 32.1. The van der Waals surface area contributed by atoms with Crippen LogP contribution in [0.3, 0.4) is 0 Å². The second-order valence-corrected chi connectivity index (χ2v) is 11.2. The SMILES string of the molecule is Cn1nc(C(=O)OCC(=O)N2N=C3/C(=C/c4cccs4)CCC[C@H]3[C@H]2c2cccs2)c2ccccc2c1=O. The maximum Gasteiger partial charge on any atom is 0.359 e. The lowest BCUT2D eigenvalue weighted by Crippen LogP contribution is -2.34. The Morgan fingerprint density at radius 3 is 2.63 bits per heavy atom. The summed E-state index contributed by atoms with van der Waals surface area (Å²) in [4.78, 5) is 41.1. The van der Waals surface area contributed by atoms with Gasteiger partial charge in [-0.3, -0.25) is 9.59 Å². The summed E-state index contributed by atoms with van der Waals surface area (Å²) >= 11 is 3.27. The molecule has 0 saturated heterocycles. The van der Waals surface area contributed by atoms with E-state index in [9.17, 15) is 14.4 Å². The van der Waals surface area contributed by atoms with Crippen LogP contribution in [-0.2, 0) is 16.6 Å². The Hall–Kier alpha value is -3.89. The fourth-order valence-corrected chi connectivity index (χ4v) is 6.76. The number of fused-ring (bicyclic) bond motifs is 2. The van der Waals surface area contributed by atoms with E-state index in [1.54, 1.807) is 46.9 Å². The number of hydrazone groups is 1. The average Bonchev–Trinajstić information content (AvgIpc) is 3.70. The second kappa shape index (κ2) is 10.1. The normalized spacial score (nSPS) is 20.0. The fourth-order valence-electron chi connectivity index (χ4n) is 5.20. The van der Waals surface area contributed by atoms with E-state index < -0.39 is 18.5 Å². The van der Waals surface area contributed by atoms with Gasteiger partial charge >= 0.3 is 5.97 Å². The summed E-state index contributed by atoms with van der Waals surface area (Å²) in [6, 6.07) is 14.6. The van der Waals surface area contributed by atoms with Crippen LogP contribution in [0.4, 0.5) is 0 Å². The van der Waals surface area contributed by atoms with Crippen molar-refractivity contribution in [1.29, 1.82) is 0 Å². The first-order chi connectivity index (χ1) is 18.5. The highest BCUT2D eigenvalue weighted by Crippen LogP contribution is 2.45. The number of carbonyl (C=O) groups excluding carboxylic acids is 2. The summed E-state index contributed by atoms with van der Waals surface area (Å²) in [7, 11) is 1.48. The monoisotopic (exact) mass is 544 g/mol. The molecule has 0 bridgehead atoms. The number of esters is 1. The molecular formula is C28H24N4O4S2. The molecule has 2 atom stereocenters. The number of hydrogen-bond acceptors (Lipinski definition) is 8. The van der Waals surface area contributed by atoms with Crippen LogP contribution in [0.15, 0.2) is 74.8 Å². The van der Waals surface area contributed by atoms with Crippen molar-refractivity contribution in [3.8, 4) is 0 Å².